The van der Waals surface area contributed by atoms with Gasteiger partial charge in [-0.3, -0.25) is 0 Å². The van der Waals surface area contributed by atoms with Gasteiger partial charge >= 0.3 is 227 Å². The van der Waals surface area contributed by atoms with Crippen LogP contribution in [-0.4, -0.2) is 3.21 Å². The van der Waals surface area contributed by atoms with E-state index in [2.05, 4.69) is 127 Å². The molecule has 0 nitrogen and oxygen atoms in total. The number of rotatable bonds is 5. The van der Waals surface area contributed by atoms with Gasteiger partial charge in [-0.1, -0.05) is 0 Å². The Morgan fingerprint density at radius 3 is 1.94 bits per heavy atom. The molecule has 184 valence electrons. The van der Waals surface area contributed by atoms with Gasteiger partial charge in [0.25, 0.3) is 0 Å². The first-order valence-corrected chi connectivity index (χ1v) is 17.5. The standard InChI is InChI=1S/C15H13.C12H19.C8H8.Zr/c1-10-3-5-14-12(7-10)9-13-8-11(2)4-6-15(13)14;1-5-6-10-7-8-11(9-10)12(2,3)4;1-2-8-6-4-3-5-7-8;/h3-9H,1-2H3;8-10H,5-6H2,1-4H3;3-7H,1H3;. The summed E-state index contributed by atoms with van der Waals surface area (Å²) < 4.78 is 4.01. The van der Waals surface area contributed by atoms with E-state index in [-0.39, 0.29) is 5.41 Å². The molecule has 2 aliphatic carbocycles. The third kappa shape index (κ3) is 4.65. The topological polar surface area (TPSA) is 0 Å². The van der Waals surface area contributed by atoms with Gasteiger partial charge in [0.05, 0.1) is 0 Å². The van der Waals surface area contributed by atoms with Crippen molar-refractivity contribution in [1.29, 1.82) is 0 Å². The molecule has 0 heterocycles. The summed E-state index contributed by atoms with van der Waals surface area (Å²) in [5.41, 5.74) is 12.0. The summed E-state index contributed by atoms with van der Waals surface area (Å²) >= 11 is -2.47. The van der Waals surface area contributed by atoms with Crippen molar-refractivity contribution in [2.45, 2.75) is 64.9 Å². The number of hydrogen-bond acceptors (Lipinski definition) is 0. The molecule has 3 aromatic rings. The summed E-state index contributed by atoms with van der Waals surface area (Å²) in [5, 5.41) is 0. The maximum atomic E-state index is 2.67. The van der Waals surface area contributed by atoms with E-state index in [9.17, 15) is 0 Å². The molecular formula is C35H40Zr. The molecule has 0 spiro atoms. The first-order valence-electron chi connectivity index (χ1n) is 13.6. The summed E-state index contributed by atoms with van der Waals surface area (Å²) in [6.45, 7) is 16.5. The van der Waals surface area contributed by atoms with E-state index < -0.39 is 21.3 Å². The zero-order chi connectivity index (χ0) is 25.6. The molecule has 0 saturated carbocycles. The predicted octanol–water partition coefficient (Wildman–Crippen LogP) is 9.52. The molecule has 3 aromatic carbocycles. The molecule has 0 amide bonds. The minimum absolute atomic E-state index is 0.182. The molecule has 0 fully saturated rings. The fraction of sp³-hybridized carbons (Fsp3) is 0.343. The quantitative estimate of drug-likeness (QED) is 0.296. The van der Waals surface area contributed by atoms with Crippen LogP contribution in [0.3, 0.4) is 0 Å². The molecule has 1 atom stereocenters. The zero-order valence-electron chi connectivity index (χ0n) is 23.1. The van der Waals surface area contributed by atoms with Crippen molar-refractivity contribution in [3.8, 4) is 11.1 Å². The van der Waals surface area contributed by atoms with E-state index >= 15 is 0 Å². The van der Waals surface area contributed by atoms with Crippen LogP contribution in [0.4, 0.5) is 0 Å². The third-order valence-electron chi connectivity index (χ3n) is 8.09. The van der Waals surface area contributed by atoms with Gasteiger partial charge in [-0.15, -0.1) is 0 Å². The first kappa shape index (κ1) is 25.5. The van der Waals surface area contributed by atoms with Crippen molar-refractivity contribution in [3.63, 3.8) is 0 Å². The van der Waals surface area contributed by atoms with E-state index in [0.29, 0.717) is 9.54 Å². The third-order valence-corrected chi connectivity index (χ3v) is 16.5. The summed E-state index contributed by atoms with van der Waals surface area (Å²) in [6.07, 6.45) is 7.80. The van der Waals surface area contributed by atoms with Crippen molar-refractivity contribution >= 4 is 3.21 Å². The molecule has 0 bridgehead atoms. The Labute approximate surface area is 226 Å². The van der Waals surface area contributed by atoms with Crippen LogP contribution in [0.2, 0.25) is 0 Å². The summed E-state index contributed by atoms with van der Waals surface area (Å²) in [6, 6.07) is 25.7. The van der Waals surface area contributed by atoms with Crippen LogP contribution in [-0.2, 0) is 21.3 Å². The number of allylic oxidation sites excluding steroid dienone is 4. The second-order valence-electron chi connectivity index (χ2n) is 11.9. The molecule has 36 heavy (non-hydrogen) atoms. The Morgan fingerprint density at radius 1 is 0.833 bits per heavy atom. The number of hydrogen-bond donors (Lipinski definition) is 0. The van der Waals surface area contributed by atoms with Crippen LogP contribution in [0.1, 0.15) is 78.9 Å². The SMILES string of the molecule is CCCC1C=C(C(C)(C)C)C=[C]1[Zr](=[C](C)c1ccccc1)[CH]1c2cc(C)ccc2-c2ccc(C)cc21. The normalized spacial score (nSPS) is 17.9. The fourth-order valence-corrected chi connectivity index (χ4v) is 15.3. The summed E-state index contributed by atoms with van der Waals surface area (Å²) in [5.74, 6) is 0.583. The van der Waals surface area contributed by atoms with Gasteiger partial charge in [0.15, 0.2) is 0 Å². The van der Waals surface area contributed by atoms with Crippen LogP contribution in [0.5, 0.6) is 0 Å². The molecule has 0 saturated heterocycles. The van der Waals surface area contributed by atoms with Gasteiger partial charge in [0.2, 0.25) is 0 Å². The van der Waals surface area contributed by atoms with E-state index in [1.165, 1.54) is 40.7 Å². The van der Waals surface area contributed by atoms with E-state index in [0.717, 1.165) is 0 Å². The van der Waals surface area contributed by atoms with E-state index in [4.69, 9.17) is 0 Å². The summed E-state index contributed by atoms with van der Waals surface area (Å²) in [4.78, 5) is 0. The van der Waals surface area contributed by atoms with E-state index in [1.54, 1.807) is 23.2 Å². The first-order chi connectivity index (χ1) is 17.2. The van der Waals surface area contributed by atoms with Crippen molar-refractivity contribution in [3.05, 3.63) is 116 Å². The van der Waals surface area contributed by atoms with Gasteiger partial charge in [-0.25, -0.2) is 0 Å². The van der Waals surface area contributed by atoms with Crippen molar-refractivity contribution in [1.82, 2.24) is 0 Å². The molecule has 0 N–H and O–H groups in total. The molecule has 1 heteroatoms. The second-order valence-corrected chi connectivity index (χ2v) is 18.6. The average molecular weight is 552 g/mol. The Morgan fingerprint density at radius 2 is 1.42 bits per heavy atom. The molecule has 0 aromatic heterocycles. The number of benzene rings is 3. The number of fused-ring (bicyclic) bond motifs is 3. The van der Waals surface area contributed by atoms with Gasteiger partial charge in [0, 0.05) is 0 Å². The monoisotopic (exact) mass is 550 g/mol. The Bertz CT molecular complexity index is 1340. The second kappa shape index (κ2) is 9.98. The van der Waals surface area contributed by atoms with Crippen LogP contribution in [0, 0.1) is 25.2 Å². The van der Waals surface area contributed by atoms with Gasteiger partial charge in [0.1, 0.15) is 0 Å². The van der Waals surface area contributed by atoms with Crippen LogP contribution in [0.25, 0.3) is 11.1 Å². The molecular weight excluding hydrogens is 512 g/mol. The van der Waals surface area contributed by atoms with Crippen LogP contribution < -0.4 is 0 Å². The van der Waals surface area contributed by atoms with Crippen molar-refractivity contribution in [2.24, 2.45) is 11.3 Å². The van der Waals surface area contributed by atoms with Crippen molar-refractivity contribution < 1.29 is 21.3 Å². The van der Waals surface area contributed by atoms with Crippen LogP contribution in [0.15, 0.2) is 87.7 Å². The van der Waals surface area contributed by atoms with Gasteiger partial charge in [-0.05, 0) is 0 Å². The van der Waals surface area contributed by atoms with Gasteiger partial charge < -0.3 is 0 Å². The fourth-order valence-electron chi connectivity index (χ4n) is 6.18. The van der Waals surface area contributed by atoms with Crippen molar-refractivity contribution in [2.75, 3.05) is 0 Å². The molecule has 5 rings (SSSR count). The predicted molar refractivity (Wildman–Crippen MR) is 153 cm³/mol. The molecule has 0 radical (unpaired) electrons. The van der Waals surface area contributed by atoms with Gasteiger partial charge in [-0.2, -0.15) is 0 Å². The van der Waals surface area contributed by atoms with Crippen LogP contribution >= 0.6 is 0 Å². The zero-order valence-corrected chi connectivity index (χ0v) is 25.5. The summed E-state index contributed by atoms with van der Waals surface area (Å²) in [7, 11) is 0. The molecule has 0 aliphatic heterocycles. The molecule has 2 aliphatic rings. The molecule has 1 unspecified atom stereocenters. The Kier molecular flexibility index (Phi) is 7.08. The average Bonchev–Trinajstić information content (AvgIpc) is 3.39. The Balaban J connectivity index is 1.82. The maximum absolute atomic E-state index is 2.67. The minimum atomic E-state index is -2.47. The Hall–Kier alpha value is -2.11. The van der Waals surface area contributed by atoms with E-state index in [1.807, 2.05) is 0 Å². The number of aryl methyl sites for hydroxylation is 2.